The average molecular weight is 413 g/mol. The smallest absolute Gasteiger partial charge is 0.325 e. The Balaban J connectivity index is 1.63. The fraction of sp³-hybridized carbons (Fsp3) is 0.318. The molecule has 1 aliphatic rings. The number of amides is 4. The molecule has 8 heteroatoms. The highest BCUT2D eigenvalue weighted by atomic mass is 19.1. The maximum atomic E-state index is 13.1. The zero-order valence-corrected chi connectivity index (χ0v) is 16.9. The minimum absolute atomic E-state index is 0.311. The quantitative estimate of drug-likeness (QED) is 0.651. The Labute approximate surface area is 174 Å². The molecule has 1 heterocycles. The van der Waals surface area contributed by atoms with Gasteiger partial charge >= 0.3 is 6.03 Å². The Hall–Kier alpha value is -3.42. The molecular weight excluding hydrogens is 389 g/mol. The summed E-state index contributed by atoms with van der Waals surface area (Å²) in [5.41, 5.74) is 0.289. The van der Waals surface area contributed by atoms with Crippen molar-refractivity contribution < 1.29 is 23.5 Å². The van der Waals surface area contributed by atoms with Gasteiger partial charge in [-0.1, -0.05) is 31.2 Å². The van der Waals surface area contributed by atoms with Crippen LogP contribution < -0.4 is 15.4 Å². The number of carbonyl (C=O) groups excluding carboxylic acids is 3. The van der Waals surface area contributed by atoms with Crippen LogP contribution in [0.4, 0.5) is 9.18 Å². The fourth-order valence-electron chi connectivity index (χ4n) is 3.48. The van der Waals surface area contributed by atoms with Gasteiger partial charge in [-0.2, -0.15) is 0 Å². The molecule has 1 fully saturated rings. The lowest BCUT2D eigenvalue weighted by molar-refractivity contribution is -0.135. The molecule has 0 aliphatic carbocycles. The van der Waals surface area contributed by atoms with Crippen LogP contribution >= 0.6 is 0 Å². The van der Waals surface area contributed by atoms with E-state index in [0.29, 0.717) is 30.7 Å². The highest BCUT2D eigenvalue weighted by Gasteiger charge is 2.51. The molecule has 1 aliphatic heterocycles. The highest BCUT2D eigenvalue weighted by Crippen LogP contribution is 2.33. The van der Waals surface area contributed by atoms with Gasteiger partial charge in [-0.15, -0.1) is 0 Å². The van der Waals surface area contributed by atoms with Gasteiger partial charge in [-0.25, -0.2) is 9.18 Å². The summed E-state index contributed by atoms with van der Waals surface area (Å²) >= 11 is 0. The molecule has 1 atom stereocenters. The van der Waals surface area contributed by atoms with Crippen molar-refractivity contribution in [1.82, 2.24) is 15.5 Å². The van der Waals surface area contributed by atoms with E-state index in [9.17, 15) is 18.8 Å². The van der Waals surface area contributed by atoms with E-state index in [4.69, 9.17) is 4.74 Å². The number of rotatable bonds is 8. The summed E-state index contributed by atoms with van der Waals surface area (Å²) in [4.78, 5) is 38.8. The molecule has 0 spiro atoms. The van der Waals surface area contributed by atoms with E-state index in [0.717, 1.165) is 10.5 Å². The van der Waals surface area contributed by atoms with E-state index < -0.39 is 23.4 Å². The Kier molecular flexibility index (Phi) is 6.34. The van der Waals surface area contributed by atoms with Crippen molar-refractivity contribution in [3.63, 3.8) is 0 Å². The van der Waals surface area contributed by atoms with Gasteiger partial charge in [0.15, 0.2) is 0 Å². The van der Waals surface area contributed by atoms with Crippen LogP contribution in [0.1, 0.15) is 24.5 Å². The Morgan fingerprint density at radius 3 is 2.40 bits per heavy atom. The summed E-state index contributed by atoms with van der Waals surface area (Å²) in [6, 6.07) is 12.3. The normalized spacial score (nSPS) is 18.3. The maximum absolute atomic E-state index is 13.1. The van der Waals surface area contributed by atoms with E-state index in [1.54, 1.807) is 50.4 Å². The van der Waals surface area contributed by atoms with Crippen molar-refractivity contribution in [1.29, 1.82) is 0 Å². The van der Waals surface area contributed by atoms with Crippen molar-refractivity contribution in [3.8, 4) is 5.75 Å². The van der Waals surface area contributed by atoms with E-state index in [1.165, 1.54) is 12.1 Å². The fourth-order valence-corrected chi connectivity index (χ4v) is 3.48. The number of urea groups is 1. The van der Waals surface area contributed by atoms with Crippen LogP contribution in [0, 0.1) is 5.82 Å². The first kappa shape index (κ1) is 21.3. The van der Waals surface area contributed by atoms with Gasteiger partial charge in [-0.05, 0) is 48.2 Å². The molecule has 158 valence electrons. The van der Waals surface area contributed by atoms with E-state index in [1.807, 2.05) is 0 Å². The van der Waals surface area contributed by atoms with E-state index >= 15 is 0 Å². The summed E-state index contributed by atoms with van der Waals surface area (Å²) < 4.78 is 18.1. The first-order valence-corrected chi connectivity index (χ1v) is 9.69. The first-order valence-electron chi connectivity index (χ1n) is 9.69. The van der Waals surface area contributed by atoms with Gasteiger partial charge < -0.3 is 15.4 Å². The third-order valence-corrected chi connectivity index (χ3v) is 5.24. The number of imide groups is 1. The van der Waals surface area contributed by atoms with Gasteiger partial charge in [0, 0.05) is 6.54 Å². The summed E-state index contributed by atoms with van der Waals surface area (Å²) in [6.07, 6.45) is 0.851. The summed E-state index contributed by atoms with van der Waals surface area (Å²) in [5.74, 6) is -0.590. The average Bonchev–Trinajstić information content (AvgIpc) is 3.00. The van der Waals surface area contributed by atoms with Crippen LogP contribution in [0.5, 0.6) is 5.75 Å². The summed E-state index contributed by atoms with van der Waals surface area (Å²) in [5, 5.41) is 5.44. The van der Waals surface area contributed by atoms with Gasteiger partial charge in [0.1, 0.15) is 23.7 Å². The van der Waals surface area contributed by atoms with Crippen LogP contribution in [0.2, 0.25) is 0 Å². The second-order valence-corrected chi connectivity index (χ2v) is 7.04. The summed E-state index contributed by atoms with van der Waals surface area (Å²) in [7, 11) is 1.55. The van der Waals surface area contributed by atoms with Crippen LogP contribution in [0.3, 0.4) is 0 Å². The number of methoxy groups -OCH3 is 1. The molecule has 7 nitrogen and oxygen atoms in total. The van der Waals surface area contributed by atoms with Crippen molar-refractivity contribution in [2.75, 3.05) is 20.2 Å². The first-order chi connectivity index (χ1) is 14.4. The minimum atomic E-state index is -1.21. The molecule has 30 heavy (non-hydrogen) atoms. The predicted molar refractivity (Wildman–Crippen MR) is 108 cm³/mol. The Morgan fingerprint density at radius 2 is 1.80 bits per heavy atom. The largest absolute Gasteiger partial charge is 0.497 e. The third-order valence-electron chi connectivity index (χ3n) is 5.24. The lowest BCUT2D eigenvalue weighted by Gasteiger charge is -2.26. The minimum Gasteiger partial charge on any atom is -0.497 e. The monoisotopic (exact) mass is 413 g/mol. The van der Waals surface area contributed by atoms with Crippen LogP contribution in [-0.4, -0.2) is 42.9 Å². The topological polar surface area (TPSA) is 87.7 Å². The van der Waals surface area contributed by atoms with E-state index in [2.05, 4.69) is 10.6 Å². The molecular formula is C22H24FN3O4. The third kappa shape index (κ3) is 4.27. The number of nitrogens with zero attached hydrogens (tertiary/aromatic N) is 1. The standard InChI is InChI=1S/C22H24FN3O4/c1-3-22(16-6-10-18(30-2)11-7-16)20(28)26(21(29)25-22)14-19(27)24-13-12-15-4-8-17(23)9-5-15/h4-11H,3,12-14H2,1-2H3,(H,24,27)(H,25,29)/t22-/m0/s1. The van der Waals surface area contributed by atoms with Crippen LogP contribution in [0.25, 0.3) is 0 Å². The van der Waals surface area contributed by atoms with Crippen LogP contribution in [0.15, 0.2) is 48.5 Å². The van der Waals surface area contributed by atoms with Gasteiger partial charge in [0.25, 0.3) is 5.91 Å². The lowest BCUT2D eigenvalue weighted by atomic mass is 9.87. The van der Waals surface area contributed by atoms with Crippen molar-refractivity contribution >= 4 is 17.8 Å². The number of carbonyl (C=O) groups is 3. The molecule has 0 unspecified atom stereocenters. The number of halogens is 1. The second-order valence-electron chi connectivity index (χ2n) is 7.04. The highest BCUT2D eigenvalue weighted by molar-refractivity contribution is 6.09. The second kappa shape index (κ2) is 8.94. The van der Waals surface area contributed by atoms with E-state index in [-0.39, 0.29) is 12.4 Å². The Bertz CT molecular complexity index is 930. The molecule has 1 saturated heterocycles. The lowest BCUT2D eigenvalue weighted by Crippen LogP contribution is -2.45. The van der Waals surface area contributed by atoms with Gasteiger partial charge in [0.2, 0.25) is 5.91 Å². The predicted octanol–water partition coefficient (Wildman–Crippen LogP) is 2.35. The maximum Gasteiger partial charge on any atom is 0.325 e. The zero-order chi connectivity index (χ0) is 21.7. The SMILES string of the molecule is CC[C@@]1(c2ccc(OC)cc2)NC(=O)N(CC(=O)NCCc2ccc(F)cc2)C1=O. The molecule has 3 rings (SSSR count). The number of benzene rings is 2. The van der Waals surface area contributed by atoms with Crippen LogP contribution in [-0.2, 0) is 21.5 Å². The number of hydrogen-bond acceptors (Lipinski definition) is 4. The van der Waals surface area contributed by atoms with Crippen molar-refractivity contribution in [3.05, 3.63) is 65.5 Å². The summed E-state index contributed by atoms with van der Waals surface area (Å²) in [6.45, 7) is 1.74. The van der Waals surface area contributed by atoms with Gasteiger partial charge in [-0.3, -0.25) is 14.5 Å². The molecule has 2 aromatic rings. The van der Waals surface area contributed by atoms with Crippen molar-refractivity contribution in [2.45, 2.75) is 25.3 Å². The molecule has 0 radical (unpaired) electrons. The number of hydrogen-bond donors (Lipinski definition) is 2. The molecule has 2 N–H and O–H groups in total. The number of ether oxygens (including phenoxy) is 1. The molecule has 0 saturated carbocycles. The molecule has 4 amide bonds. The zero-order valence-electron chi connectivity index (χ0n) is 16.9. The Morgan fingerprint density at radius 1 is 1.13 bits per heavy atom. The number of nitrogens with one attached hydrogen (secondary N) is 2. The van der Waals surface area contributed by atoms with Gasteiger partial charge in [0.05, 0.1) is 7.11 Å². The van der Waals surface area contributed by atoms with Crippen molar-refractivity contribution in [2.24, 2.45) is 0 Å². The molecule has 0 aromatic heterocycles. The molecule has 2 aromatic carbocycles. The molecule has 0 bridgehead atoms.